The van der Waals surface area contributed by atoms with E-state index in [9.17, 15) is 13.2 Å². The van der Waals surface area contributed by atoms with Crippen LogP contribution in [0.15, 0.2) is 22.7 Å². The van der Waals surface area contributed by atoms with Gasteiger partial charge in [-0.1, -0.05) is 0 Å². The zero-order valence-corrected chi connectivity index (χ0v) is 13.8. The summed E-state index contributed by atoms with van der Waals surface area (Å²) in [4.78, 5) is 5.88. The zero-order chi connectivity index (χ0) is 17.9. The van der Waals surface area contributed by atoms with Crippen molar-refractivity contribution >= 4 is 0 Å². The Labute approximate surface area is 143 Å². The number of rotatable bonds is 5. The molecule has 0 N–H and O–H groups in total. The molecule has 0 aliphatic carbocycles. The third-order valence-corrected chi connectivity index (χ3v) is 4.06. The van der Waals surface area contributed by atoms with E-state index in [1.807, 2.05) is 0 Å². The number of piperidine rings is 1. The van der Waals surface area contributed by atoms with Crippen LogP contribution in [0.5, 0.6) is 5.88 Å². The maximum Gasteiger partial charge on any atom is 0.421 e. The fourth-order valence-corrected chi connectivity index (χ4v) is 2.94. The van der Waals surface area contributed by atoms with E-state index < -0.39 is 11.7 Å². The van der Waals surface area contributed by atoms with E-state index in [1.165, 1.54) is 12.3 Å². The molecule has 2 aromatic heterocycles. The number of alkyl halides is 3. The normalized spacial score (nSPS) is 19.1. The lowest BCUT2D eigenvalue weighted by Gasteiger charge is -2.31. The summed E-state index contributed by atoms with van der Waals surface area (Å²) in [6.07, 6.45) is -1.34. The van der Waals surface area contributed by atoms with Gasteiger partial charge in [0, 0.05) is 25.6 Å². The molecule has 0 spiro atoms. The van der Waals surface area contributed by atoms with Gasteiger partial charge in [-0.25, -0.2) is 4.98 Å². The van der Waals surface area contributed by atoms with Crippen molar-refractivity contribution in [1.29, 1.82) is 0 Å². The molecular formula is C16H19F3N4O2. The Morgan fingerprint density at radius 3 is 2.92 bits per heavy atom. The van der Waals surface area contributed by atoms with Crippen LogP contribution in [0.3, 0.4) is 0 Å². The number of likely N-dealkylation sites (tertiary alicyclic amines) is 1. The molecule has 136 valence electrons. The number of hydrogen-bond acceptors (Lipinski definition) is 6. The minimum Gasteiger partial charge on any atom is -0.477 e. The number of hydrogen-bond donors (Lipinski definition) is 0. The molecule has 25 heavy (non-hydrogen) atoms. The minimum absolute atomic E-state index is 0.126. The molecule has 1 fully saturated rings. The topological polar surface area (TPSA) is 64.3 Å². The second-order valence-electron chi connectivity index (χ2n) is 6.12. The van der Waals surface area contributed by atoms with E-state index in [0.29, 0.717) is 24.9 Å². The van der Waals surface area contributed by atoms with Gasteiger partial charge in [0.05, 0.1) is 13.2 Å². The van der Waals surface area contributed by atoms with Crippen LogP contribution < -0.4 is 4.74 Å². The van der Waals surface area contributed by atoms with Crippen molar-refractivity contribution in [3.8, 4) is 5.88 Å². The van der Waals surface area contributed by atoms with Crippen LogP contribution >= 0.6 is 0 Å². The van der Waals surface area contributed by atoms with Crippen LogP contribution in [0.1, 0.15) is 30.2 Å². The summed E-state index contributed by atoms with van der Waals surface area (Å²) in [6.45, 7) is 4.05. The smallest absolute Gasteiger partial charge is 0.421 e. The van der Waals surface area contributed by atoms with Crippen molar-refractivity contribution in [3.05, 3.63) is 35.7 Å². The minimum atomic E-state index is -4.47. The molecule has 1 atom stereocenters. The highest BCUT2D eigenvalue weighted by Gasteiger charge is 2.35. The van der Waals surface area contributed by atoms with Crippen LogP contribution in [0.4, 0.5) is 13.2 Å². The highest BCUT2D eigenvalue weighted by atomic mass is 19.4. The summed E-state index contributed by atoms with van der Waals surface area (Å²) in [5.74, 6) is 0.824. The van der Waals surface area contributed by atoms with E-state index in [4.69, 9.17) is 9.15 Å². The fraction of sp³-hybridized carbons (Fsp3) is 0.562. The van der Waals surface area contributed by atoms with Crippen molar-refractivity contribution in [1.82, 2.24) is 20.1 Å². The summed E-state index contributed by atoms with van der Waals surface area (Å²) < 4.78 is 49.7. The average Bonchev–Trinajstić information content (AvgIpc) is 2.98. The molecule has 1 unspecified atom stereocenters. The molecular weight excluding hydrogens is 337 g/mol. The molecule has 2 aromatic rings. The molecule has 0 saturated carbocycles. The predicted molar refractivity (Wildman–Crippen MR) is 81.8 cm³/mol. The SMILES string of the molecule is Cc1nnc(CN2CCCC(COc3ncccc3C(F)(F)F)C2)o1. The Balaban J connectivity index is 1.57. The van der Waals surface area contributed by atoms with Crippen LogP contribution in [0.2, 0.25) is 0 Å². The number of aryl methyl sites for hydroxylation is 1. The standard InChI is InChI=1S/C16H19F3N4O2/c1-11-21-22-14(25-11)9-23-7-3-4-12(8-23)10-24-15-13(16(17,18)19)5-2-6-20-15/h2,5-6,12H,3-4,7-10H2,1H3. The molecule has 6 nitrogen and oxygen atoms in total. The molecule has 1 saturated heterocycles. The lowest BCUT2D eigenvalue weighted by molar-refractivity contribution is -0.139. The first-order valence-electron chi connectivity index (χ1n) is 8.08. The lowest BCUT2D eigenvalue weighted by Crippen LogP contribution is -2.37. The highest BCUT2D eigenvalue weighted by molar-refractivity contribution is 5.28. The first kappa shape index (κ1) is 17.7. The Hall–Kier alpha value is -2.16. The highest BCUT2D eigenvalue weighted by Crippen LogP contribution is 2.35. The summed E-state index contributed by atoms with van der Waals surface area (Å²) in [7, 11) is 0. The number of halogens is 3. The quantitative estimate of drug-likeness (QED) is 0.820. The summed E-state index contributed by atoms with van der Waals surface area (Å²) in [6, 6.07) is 2.23. The van der Waals surface area contributed by atoms with Gasteiger partial charge in [-0.15, -0.1) is 10.2 Å². The predicted octanol–water partition coefficient (Wildman–Crippen LogP) is 3.08. The van der Waals surface area contributed by atoms with Gasteiger partial charge in [0.2, 0.25) is 17.7 Å². The molecule has 0 amide bonds. The van der Waals surface area contributed by atoms with Gasteiger partial charge in [0.15, 0.2) is 0 Å². The molecule has 1 aliphatic rings. The zero-order valence-electron chi connectivity index (χ0n) is 13.8. The molecule has 0 radical (unpaired) electrons. The van der Waals surface area contributed by atoms with Crippen LogP contribution in [0.25, 0.3) is 0 Å². The summed E-state index contributed by atoms with van der Waals surface area (Å²) in [5, 5.41) is 7.77. The molecule has 3 heterocycles. The average molecular weight is 356 g/mol. The molecule has 1 aliphatic heterocycles. The fourth-order valence-electron chi connectivity index (χ4n) is 2.94. The maximum absolute atomic E-state index is 13.0. The van der Waals surface area contributed by atoms with Gasteiger partial charge in [-0.05, 0) is 31.5 Å². The van der Waals surface area contributed by atoms with E-state index >= 15 is 0 Å². The van der Waals surface area contributed by atoms with Gasteiger partial charge in [-0.2, -0.15) is 13.2 Å². The van der Waals surface area contributed by atoms with Crippen LogP contribution in [0, 0.1) is 12.8 Å². The molecule has 0 aromatic carbocycles. The van der Waals surface area contributed by atoms with E-state index in [1.54, 1.807) is 6.92 Å². The lowest BCUT2D eigenvalue weighted by atomic mass is 9.99. The van der Waals surface area contributed by atoms with Crippen molar-refractivity contribution in [2.45, 2.75) is 32.5 Å². The van der Waals surface area contributed by atoms with Gasteiger partial charge in [0.25, 0.3) is 0 Å². The number of pyridine rings is 1. The monoisotopic (exact) mass is 356 g/mol. The second-order valence-corrected chi connectivity index (χ2v) is 6.12. The Morgan fingerprint density at radius 1 is 1.36 bits per heavy atom. The number of ether oxygens (including phenoxy) is 1. The van der Waals surface area contributed by atoms with Crippen molar-refractivity contribution in [2.75, 3.05) is 19.7 Å². The number of aromatic nitrogens is 3. The second kappa shape index (κ2) is 7.38. The molecule has 0 bridgehead atoms. The molecule has 9 heteroatoms. The first-order chi connectivity index (χ1) is 11.9. The largest absolute Gasteiger partial charge is 0.477 e. The van der Waals surface area contributed by atoms with E-state index in [0.717, 1.165) is 25.5 Å². The summed E-state index contributed by atoms with van der Waals surface area (Å²) in [5.41, 5.74) is -0.844. The van der Waals surface area contributed by atoms with Gasteiger partial charge in [0.1, 0.15) is 5.56 Å². The number of nitrogens with zero attached hydrogens (tertiary/aromatic N) is 4. The molecule has 3 rings (SSSR count). The van der Waals surface area contributed by atoms with Crippen LogP contribution in [-0.4, -0.2) is 39.8 Å². The third-order valence-electron chi connectivity index (χ3n) is 4.06. The maximum atomic E-state index is 13.0. The van der Waals surface area contributed by atoms with Crippen LogP contribution in [-0.2, 0) is 12.7 Å². The van der Waals surface area contributed by atoms with Gasteiger partial charge >= 0.3 is 6.18 Å². The third kappa shape index (κ3) is 4.68. The van der Waals surface area contributed by atoms with Crippen molar-refractivity contribution < 1.29 is 22.3 Å². The van der Waals surface area contributed by atoms with Gasteiger partial charge < -0.3 is 9.15 Å². The Kier molecular flexibility index (Phi) is 5.22. The Morgan fingerprint density at radius 2 is 2.20 bits per heavy atom. The van der Waals surface area contributed by atoms with Gasteiger partial charge in [-0.3, -0.25) is 4.90 Å². The van der Waals surface area contributed by atoms with Crippen molar-refractivity contribution in [3.63, 3.8) is 0 Å². The Bertz CT molecular complexity index is 705. The van der Waals surface area contributed by atoms with E-state index in [2.05, 4.69) is 20.1 Å². The van der Waals surface area contributed by atoms with E-state index in [-0.39, 0.29) is 18.4 Å². The van der Waals surface area contributed by atoms with Crippen molar-refractivity contribution in [2.24, 2.45) is 5.92 Å². The summed E-state index contributed by atoms with van der Waals surface area (Å²) >= 11 is 0. The first-order valence-corrected chi connectivity index (χ1v) is 8.08.